The number of rotatable bonds is 3. The van der Waals surface area contributed by atoms with Gasteiger partial charge in [0.2, 0.25) is 0 Å². The zero-order valence-electron chi connectivity index (χ0n) is 19.3. The second-order valence-corrected chi connectivity index (χ2v) is 7.72. The van der Waals surface area contributed by atoms with Gasteiger partial charge in [-0.25, -0.2) is 0 Å². The maximum absolute atomic E-state index is 9.62. The van der Waals surface area contributed by atoms with Gasteiger partial charge in [-0.05, 0) is 78.9 Å². The molecule has 4 nitrogen and oxygen atoms in total. The van der Waals surface area contributed by atoms with E-state index in [-0.39, 0.29) is 0 Å². The number of hydrogen-bond acceptors (Lipinski definition) is 4. The first-order valence-corrected chi connectivity index (χ1v) is 10.9. The summed E-state index contributed by atoms with van der Waals surface area (Å²) in [7, 11) is 0. The molecule has 0 spiro atoms. The largest absolute Gasteiger partial charge is 0.508 e. The molecule has 0 saturated heterocycles. The lowest BCUT2D eigenvalue weighted by molar-refractivity contribution is 0.470. The highest BCUT2D eigenvalue weighted by molar-refractivity contribution is 5.43. The van der Waals surface area contributed by atoms with E-state index in [9.17, 15) is 10.2 Å². The van der Waals surface area contributed by atoms with E-state index in [1.165, 1.54) is 11.1 Å². The first kappa shape index (κ1) is 25.3. The standard InChI is InChI=1S/C17H20O2.2C6H6O/c1-4-15(13-5-7-16(18)11(2)9-13)14-6-8-17(19)12(3)10-14;2*7-6-4-2-1-3-5-6/h5-10,15,18-19H,4H2,1-3H3;2*1-5,7H. The smallest absolute Gasteiger partial charge is 0.118 e. The molecule has 0 aliphatic rings. The monoisotopic (exact) mass is 444 g/mol. The van der Waals surface area contributed by atoms with Crippen molar-refractivity contribution in [3.8, 4) is 23.0 Å². The van der Waals surface area contributed by atoms with Crippen molar-refractivity contribution in [1.82, 2.24) is 0 Å². The third-order valence-electron chi connectivity index (χ3n) is 5.17. The number of hydrogen-bond donors (Lipinski definition) is 4. The van der Waals surface area contributed by atoms with Crippen LogP contribution in [0.5, 0.6) is 23.0 Å². The Labute approximate surface area is 196 Å². The molecule has 4 heteroatoms. The van der Waals surface area contributed by atoms with Crippen molar-refractivity contribution >= 4 is 0 Å². The first-order valence-electron chi connectivity index (χ1n) is 10.9. The molecule has 172 valence electrons. The predicted molar refractivity (Wildman–Crippen MR) is 134 cm³/mol. The van der Waals surface area contributed by atoms with Crippen LogP contribution in [0.3, 0.4) is 0 Å². The molecule has 0 aliphatic carbocycles. The van der Waals surface area contributed by atoms with Gasteiger partial charge in [-0.15, -0.1) is 0 Å². The Morgan fingerprint density at radius 3 is 1.15 bits per heavy atom. The summed E-state index contributed by atoms with van der Waals surface area (Å²) in [6, 6.07) is 28.9. The van der Waals surface area contributed by atoms with Gasteiger partial charge in [0, 0.05) is 5.92 Å². The molecule has 4 N–H and O–H groups in total. The van der Waals surface area contributed by atoms with Gasteiger partial charge >= 0.3 is 0 Å². The van der Waals surface area contributed by atoms with E-state index < -0.39 is 0 Å². The third kappa shape index (κ3) is 8.26. The summed E-state index contributed by atoms with van der Waals surface area (Å²) in [6.07, 6.45) is 0.981. The van der Waals surface area contributed by atoms with Crippen LogP contribution < -0.4 is 0 Å². The van der Waals surface area contributed by atoms with Gasteiger partial charge in [-0.3, -0.25) is 0 Å². The van der Waals surface area contributed by atoms with Crippen LogP contribution in [0, 0.1) is 13.8 Å². The van der Waals surface area contributed by atoms with Gasteiger partial charge in [0.15, 0.2) is 0 Å². The van der Waals surface area contributed by atoms with E-state index >= 15 is 0 Å². The molecule has 0 aromatic heterocycles. The Morgan fingerprint density at radius 2 is 0.909 bits per heavy atom. The molecule has 0 fully saturated rings. The van der Waals surface area contributed by atoms with E-state index in [1.54, 1.807) is 60.7 Å². The van der Waals surface area contributed by atoms with Gasteiger partial charge in [0.05, 0.1) is 0 Å². The van der Waals surface area contributed by atoms with Crippen LogP contribution in [0.15, 0.2) is 97.1 Å². The van der Waals surface area contributed by atoms with Crippen LogP contribution in [0.2, 0.25) is 0 Å². The molecule has 0 unspecified atom stereocenters. The fourth-order valence-electron chi connectivity index (χ4n) is 3.31. The van der Waals surface area contributed by atoms with Crippen molar-refractivity contribution in [2.24, 2.45) is 0 Å². The fourth-order valence-corrected chi connectivity index (χ4v) is 3.31. The molecule has 0 aliphatic heterocycles. The van der Waals surface area contributed by atoms with E-state index in [4.69, 9.17) is 10.2 Å². The average molecular weight is 445 g/mol. The summed E-state index contributed by atoms with van der Waals surface area (Å²) in [6.45, 7) is 5.97. The van der Waals surface area contributed by atoms with Crippen molar-refractivity contribution in [1.29, 1.82) is 0 Å². The van der Waals surface area contributed by atoms with Crippen molar-refractivity contribution in [2.75, 3.05) is 0 Å². The quantitative estimate of drug-likeness (QED) is 0.273. The molecule has 4 rings (SSSR count). The van der Waals surface area contributed by atoms with E-state index in [2.05, 4.69) is 6.92 Å². The summed E-state index contributed by atoms with van der Waals surface area (Å²) < 4.78 is 0. The van der Waals surface area contributed by atoms with Crippen LogP contribution in [0.4, 0.5) is 0 Å². The summed E-state index contributed by atoms with van der Waals surface area (Å²) >= 11 is 0. The van der Waals surface area contributed by atoms with Crippen LogP contribution in [0.25, 0.3) is 0 Å². The summed E-state index contributed by atoms with van der Waals surface area (Å²) in [5.74, 6) is 1.60. The molecule has 4 aromatic rings. The Hall–Kier alpha value is -3.92. The zero-order valence-corrected chi connectivity index (χ0v) is 19.3. The van der Waals surface area contributed by atoms with Crippen molar-refractivity contribution in [2.45, 2.75) is 33.1 Å². The molecule has 4 aromatic carbocycles. The van der Waals surface area contributed by atoms with E-state index in [0.29, 0.717) is 28.9 Å². The predicted octanol–water partition coefficient (Wildman–Crippen LogP) is 7.04. The van der Waals surface area contributed by atoms with Gasteiger partial charge < -0.3 is 20.4 Å². The van der Waals surface area contributed by atoms with Gasteiger partial charge in [0.25, 0.3) is 0 Å². The number of aryl methyl sites for hydroxylation is 2. The van der Waals surface area contributed by atoms with Crippen LogP contribution in [-0.2, 0) is 0 Å². The average Bonchev–Trinajstić information content (AvgIpc) is 2.81. The molecule has 0 bridgehead atoms. The fraction of sp³-hybridized carbons (Fsp3) is 0.172. The highest BCUT2D eigenvalue weighted by Gasteiger charge is 2.14. The van der Waals surface area contributed by atoms with Gasteiger partial charge in [-0.2, -0.15) is 0 Å². The first-order chi connectivity index (χ1) is 15.8. The minimum Gasteiger partial charge on any atom is -0.508 e. The topological polar surface area (TPSA) is 80.9 Å². The highest BCUT2D eigenvalue weighted by atomic mass is 16.3. The highest BCUT2D eigenvalue weighted by Crippen LogP contribution is 2.32. The number of benzene rings is 4. The molecule has 0 atom stereocenters. The van der Waals surface area contributed by atoms with Crippen molar-refractivity contribution in [3.63, 3.8) is 0 Å². The lowest BCUT2D eigenvalue weighted by atomic mass is 9.87. The number of para-hydroxylation sites is 2. The summed E-state index contributed by atoms with van der Waals surface area (Å²) in [5.41, 5.74) is 4.18. The molecule has 0 amide bonds. The molecule has 0 saturated carbocycles. The van der Waals surface area contributed by atoms with Crippen LogP contribution >= 0.6 is 0 Å². The van der Waals surface area contributed by atoms with Crippen molar-refractivity contribution in [3.05, 3.63) is 119 Å². The Bertz CT molecular complexity index is 1020. The Kier molecular flexibility index (Phi) is 9.84. The summed E-state index contributed by atoms with van der Waals surface area (Å²) in [5, 5.41) is 36.5. The number of aromatic hydroxyl groups is 4. The second kappa shape index (κ2) is 12.8. The van der Waals surface area contributed by atoms with Crippen molar-refractivity contribution < 1.29 is 20.4 Å². The maximum atomic E-state index is 9.62. The maximum Gasteiger partial charge on any atom is 0.118 e. The lowest BCUT2D eigenvalue weighted by Crippen LogP contribution is -2.00. The molecule has 0 heterocycles. The summed E-state index contributed by atoms with van der Waals surface area (Å²) in [4.78, 5) is 0. The molecular weight excluding hydrogens is 412 g/mol. The molecule has 0 radical (unpaired) electrons. The van der Waals surface area contributed by atoms with Gasteiger partial charge in [0.1, 0.15) is 23.0 Å². The minimum absolute atomic E-state index is 0.290. The van der Waals surface area contributed by atoms with Crippen LogP contribution in [0.1, 0.15) is 41.5 Å². The SMILES string of the molecule is CCC(c1ccc(O)c(C)c1)c1ccc(O)c(C)c1.Oc1ccccc1.Oc1ccccc1. The normalized spacial score (nSPS) is 9.94. The van der Waals surface area contributed by atoms with Gasteiger partial charge in [-0.1, -0.05) is 67.6 Å². The molecular formula is C29H32O4. The zero-order chi connectivity index (χ0) is 24.2. The van der Waals surface area contributed by atoms with E-state index in [1.807, 2.05) is 50.2 Å². The molecule has 33 heavy (non-hydrogen) atoms. The number of phenols is 4. The Morgan fingerprint density at radius 1 is 0.545 bits per heavy atom. The Balaban J connectivity index is 0.000000223. The minimum atomic E-state index is 0.290. The van der Waals surface area contributed by atoms with E-state index in [0.717, 1.165) is 17.5 Å². The lowest BCUT2D eigenvalue weighted by Gasteiger charge is -2.18. The van der Waals surface area contributed by atoms with Crippen LogP contribution in [-0.4, -0.2) is 20.4 Å². The third-order valence-corrected chi connectivity index (χ3v) is 5.17. The number of phenolic OH excluding ortho intramolecular Hbond substituents is 4. The second-order valence-electron chi connectivity index (χ2n) is 7.72.